The highest BCUT2D eigenvalue weighted by atomic mass is 16.5. The van der Waals surface area contributed by atoms with Crippen LogP contribution in [0.1, 0.15) is 26.7 Å². The van der Waals surface area contributed by atoms with Crippen molar-refractivity contribution in [2.45, 2.75) is 32.7 Å². The minimum absolute atomic E-state index is 0.0559. The van der Waals surface area contributed by atoms with Gasteiger partial charge in [-0.2, -0.15) is 0 Å². The maximum absolute atomic E-state index is 11.2. The number of imide groups is 1. The van der Waals surface area contributed by atoms with Gasteiger partial charge in [0, 0.05) is 20.3 Å². The van der Waals surface area contributed by atoms with Gasteiger partial charge in [0.1, 0.15) is 6.04 Å². The molecule has 0 unspecified atom stereocenters. The van der Waals surface area contributed by atoms with Gasteiger partial charge in [-0.25, -0.2) is 4.79 Å². The molecule has 7 nitrogen and oxygen atoms in total. The van der Waals surface area contributed by atoms with Crippen LogP contribution in [0.5, 0.6) is 0 Å². The SMILES string of the molecule is COC(=O)[C@H](CCC(=O)NC(C)=O)NC(C)=O. The Kier molecular flexibility index (Phi) is 6.54. The van der Waals surface area contributed by atoms with Crippen molar-refractivity contribution in [2.24, 2.45) is 0 Å². The van der Waals surface area contributed by atoms with Crippen LogP contribution >= 0.6 is 0 Å². The zero-order valence-corrected chi connectivity index (χ0v) is 10.0. The first-order valence-electron chi connectivity index (χ1n) is 5.02. The van der Waals surface area contributed by atoms with Gasteiger partial charge >= 0.3 is 5.97 Å². The van der Waals surface area contributed by atoms with Crippen LogP contribution in [0.4, 0.5) is 0 Å². The van der Waals surface area contributed by atoms with Crippen LogP contribution < -0.4 is 10.6 Å². The van der Waals surface area contributed by atoms with Crippen LogP contribution in [0.15, 0.2) is 0 Å². The molecule has 0 aromatic carbocycles. The maximum atomic E-state index is 11.2. The molecule has 0 aliphatic heterocycles. The zero-order chi connectivity index (χ0) is 13.4. The Morgan fingerprint density at radius 3 is 2.12 bits per heavy atom. The average Bonchev–Trinajstić information content (AvgIpc) is 2.21. The Balaban J connectivity index is 4.25. The predicted octanol–water partition coefficient (Wildman–Crippen LogP) is -0.893. The molecule has 0 aliphatic rings. The van der Waals surface area contributed by atoms with Crippen LogP contribution in [0.25, 0.3) is 0 Å². The molecule has 0 radical (unpaired) electrons. The number of carbonyl (C=O) groups is 4. The van der Waals surface area contributed by atoms with E-state index < -0.39 is 29.7 Å². The summed E-state index contributed by atoms with van der Waals surface area (Å²) in [6, 6.07) is -0.879. The number of hydrogen-bond donors (Lipinski definition) is 2. The molecular weight excluding hydrogens is 228 g/mol. The lowest BCUT2D eigenvalue weighted by Gasteiger charge is -2.14. The van der Waals surface area contributed by atoms with Crippen molar-refractivity contribution in [3.05, 3.63) is 0 Å². The van der Waals surface area contributed by atoms with E-state index in [-0.39, 0.29) is 12.8 Å². The van der Waals surface area contributed by atoms with Crippen LogP contribution in [-0.2, 0) is 23.9 Å². The topological polar surface area (TPSA) is 102 Å². The quantitative estimate of drug-likeness (QED) is 0.611. The van der Waals surface area contributed by atoms with Crippen molar-refractivity contribution in [3.8, 4) is 0 Å². The number of rotatable bonds is 5. The molecule has 3 amide bonds. The number of ether oxygens (including phenoxy) is 1. The molecule has 0 fully saturated rings. The van der Waals surface area contributed by atoms with E-state index in [1.807, 2.05) is 0 Å². The molecule has 0 aliphatic carbocycles. The van der Waals surface area contributed by atoms with Gasteiger partial charge in [-0.05, 0) is 6.42 Å². The molecule has 7 heteroatoms. The van der Waals surface area contributed by atoms with E-state index >= 15 is 0 Å². The van der Waals surface area contributed by atoms with Gasteiger partial charge in [-0.1, -0.05) is 0 Å². The van der Waals surface area contributed by atoms with Crippen molar-refractivity contribution in [1.29, 1.82) is 0 Å². The van der Waals surface area contributed by atoms with Gasteiger partial charge in [0.05, 0.1) is 7.11 Å². The smallest absolute Gasteiger partial charge is 0.328 e. The highest BCUT2D eigenvalue weighted by Gasteiger charge is 2.21. The van der Waals surface area contributed by atoms with E-state index in [0.717, 1.165) is 0 Å². The molecule has 1 atom stereocenters. The van der Waals surface area contributed by atoms with E-state index in [0.29, 0.717) is 0 Å². The van der Waals surface area contributed by atoms with Crippen LogP contribution in [0.2, 0.25) is 0 Å². The fourth-order valence-corrected chi connectivity index (χ4v) is 1.17. The Hall–Kier alpha value is -1.92. The summed E-state index contributed by atoms with van der Waals surface area (Å²) >= 11 is 0. The summed E-state index contributed by atoms with van der Waals surface area (Å²) in [6.07, 6.45) is 0.0188. The van der Waals surface area contributed by atoms with Crippen LogP contribution in [0.3, 0.4) is 0 Å². The minimum Gasteiger partial charge on any atom is -0.467 e. The fraction of sp³-hybridized carbons (Fsp3) is 0.600. The van der Waals surface area contributed by atoms with E-state index in [4.69, 9.17) is 0 Å². The third kappa shape index (κ3) is 7.04. The minimum atomic E-state index is -0.879. The summed E-state index contributed by atoms with van der Waals surface area (Å²) in [5.41, 5.74) is 0. The molecule has 0 bridgehead atoms. The second-order valence-electron chi connectivity index (χ2n) is 3.42. The van der Waals surface area contributed by atoms with E-state index in [2.05, 4.69) is 15.4 Å². The monoisotopic (exact) mass is 244 g/mol. The second kappa shape index (κ2) is 7.37. The lowest BCUT2D eigenvalue weighted by Crippen LogP contribution is -2.41. The van der Waals surface area contributed by atoms with Gasteiger partial charge in [0.15, 0.2) is 0 Å². The third-order valence-electron chi connectivity index (χ3n) is 1.84. The number of esters is 1. The average molecular weight is 244 g/mol. The molecule has 96 valence electrons. The first kappa shape index (κ1) is 15.1. The highest BCUT2D eigenvalue weighted by Crippen LogP contribution is 2.00. The molecule has 0 saturated heterocycles. The normalized spacial score (nSPS) is 11.2. The van der Waals surface area contributed by atoms with Gasteiger partial charge in [-0.15, -0.1) is 0 Å². The molecule has 0 rings (SSSR count). The van der Waals surface area contributed by atoms with Crippen molar-refractivity contribution < 1.29 is 23.9 Å². The standard InChI is InChI=1S/C10H16N2O5/c1-6(13)11-8(10(16)17-3)4-5-9(15)12-7(2)14/h8H,4-5H2,1-3H3,(H,11,13)(H,12,14,15)/t8-/m0/s1. The predicted molar refractivity (Wildman–Crippen MR) is 57.7 cm³/mol. The number of carbonyl (C=O) groups excluding carboxylic acids is 4. The van der Waals surface area contributed by atoms with Crippen LogP contribution in [-0.4, -0.2) is 36.8 Å². The van der Waals surface area contributed by atoms with E-state index in [1.54, 1.807) is 0 Å². The van der Waals surface area contributed by atoms with Crippen molar-refractivity contribution in [2.75, 3.05) is 7.11 Å². The Morgan fingerprint density at radius 1 is 1.12 bits per heavy atom. The van der Waals surface area contributed by atoms with E-state index in [1.165, 1.54) is 21.0 Å². The van der Waals surface area contributed by atoms with Gasteiger partial charge in [-0.3, -0.25) is 19.7 Å². The van der Waals surface area contributed by atoms with Gasteiger partial charge < -0.3 is 10.1 Å². The maximum Gasteiger partial charge on any atom is 0.328 e. The molecule has 0 heterocycles. The molecule has 0 spiro atoms. The molecule has 0 saturated carbocycles. The van der Waals surface area contributed by atoms with Gasteiger partial charge in [0.2, 0.25) is 17.7 Å². The first-order chi connectivity index (χ1) is 7.86. The number of amides is 3. The summed E-state index contributed by atoms with van der Waals surface area (Å²) in [7, 11) is 1.19. The van der Waals surface area contributed by atoms with E-state index in [9.17, 15) is 19.2 Å². The molecule has 2 N–H and O–H groups in total. The Labute approximate surface area is 98.9 Å². The lowest BCUT2D eigenvalue weighted by molar-refractivity contribution is -0.145. The Morgan fingerprint density at radius 2 is 1.71 bits per heavy atom. The summed E-state index contributed by atoms with van der Waals surface area (Å²) in [6.45, 7) is 2.47. The number of nitrogens with one attached hydrogen (secondary N) is 2. The van der Waals surface area contributed by atoms with Crippen molar-refractivity contribution in [3.63, 3.8) is 0 Å². The van der Waals surface area contributed by atoms with Crippen LogP contribution in [0, 0.1) is 0 Å². The molecule has 0 aromatic rings. The summed E-state index contributed by atoms with van der Waals surface area (Å²) in [5.74, 6) is -2.00. The van der Waals surface area contributed by atoms with Gasteiger partial charge in [0.25, 0.3) is 0 Å². The summed E-state index contributed by atoms with van der Waals surface area (Å²) in [5, 5.41) is 4.43. The number of methoxy groups -OCH3 is 1. The second-order valence-corrected chi connectivity index (χ2v) is 3.42. The largest absolute Gasteiger partial charge is 0.467 e. The van der Waals surface area contributed by atoms with Crippen molar-refractivity contribution in [1.82, 2.24) is 10.6 Å². The fourth-order valence-electron chi connectivity index (χ4n) is 1.17. The summed E-state index contributed by atoms with van der Waals surface area (Å²) < 4.78 is 4.47. The van der Waals surface area contributed by atoms with Crippen molar-refractivity contribution >= 4 is 23.7 Å². The number of hydrogen-bond acceptors (Lipinski definition) is 5. The first-order valence-corrected chi connectivity index (χ1v) is 5.02. The zero-order valence-electron chi connectivity index (χ0n) is 10.0. The molecule has 17 heavy (non-hydrogen) atoms. The lowest BCUT2D eigenvalue weighted by atomic mass is 10.1. The Bertz CT molecular complexity index is 327. The highest BCUT2D eigenvalue weighted by molar-refractivity contribution is 5.94. The third-order valence-corrected chi connectivity index (χ3v) is 1.84. The molecule has 0 aromatic heterocycles. The molecular formula is C10H16N2O5. The summed E-state index contributed by atoms with van der Waals surface area (Å²) in [4.78, 5) is 43.8.